The number of thioether (sulfide) groups is 1. The molecule has 0 N–H and O–H groups in total. The lowest BCUT2D eigenvalue weighted by Crippen LogP contribution is -2.28. The second-order valence-electron chi connectivity index (χ2n) is 6.71. The fourth-order valence-corrected chi connectivity index (χ4v) is 4.25. The number of para-hydroxylation sites is 1. The molecule has 2 heterocycles. The molecule has 31 heavy (non-hydrogen) atoms. The van der Waals surface area contributed by atoms with Gasteiger partial charge in [0.2, 0.25) is 0 Å². The molecule has 1 fully saturated rings. The lowest BCUT2D eigenvalue weighted by atomic mass is 10.1. The highest BCUT2D eigenvalue weighted by Gasteiger charge is 2.33. The van der Waals surface area contributed by atoms with E-state index < -0.39 is 0 Å². The van der Waals surface area contributed by atoms with Crippen LogP contribution in [0.3, 0.4) is 0 Å². The Morgan fingerprint density at radius 3 is 2.74 bits per heavy atom. The highest BCUT2D eigenvalue weighted by atomic mass is 35.5. The Kier molecular flexibility index (Phi) is 6.70. The standard InChI is InChI=1S/C24H20ClN3O2S/c1-2-30-21-11-10-19(25)13-18(21)14-22-23(29)28(16-17-7-6-12-26-15-17)24(31-22)27-20-8-4-3-5-9-20/h3-15H,2,16H2,1H3/b22-14-,27-24?. The predicted molar refractivity (Wildman–Crippen MR) is 127 cm³/mol. The van der Waals surface area contributed by atoms with Crippen LogP contribution in [0.5, 0.6) is 5.75 Å². The quantitative estimate of drug-likeness (QED) is 0.437. The molecule has 0 radical (unpaired) electrons. The second kappa shape index (κ2) is 9.81. The Hall–Kier alpha value is -3.09. The third-order valence-corrected chi connectivity index (χ3v) is 5.73. The van der Waals surface area contributed by atoms with E-state index in [0.717, 1.165) is 16.8 Å². The summed E-state index contributed by atoms with van der Waals surface area (Å²) >= 11 is 7.53. The molecule has 1 aromatic heterocycles. The number of nitrogens with zero attached hydrogens (tertiary/aromatic N) is 3. The van der Waals surface area contributed by atoms with Crippen LogP contribution in [0.2, 0.25) is 5.02 Å². The van der Waals surface area contributed by atoms with Gasteiger partial charge < -0.3 is 4.74 Å². The minimum absolute atomic E-state index is 0.119. The summed E-state index contributed by atoms with van der Waals surface area (Å²) in [5.74, 6) is 0.561. The molecule has 0 bridgehead atoms. The number of rotatable bonds is 6. The molecule has 3 aromatic rings. The number of ether oxygens (including phenoxy) is 1. The Bertz CT molecular complexity index is 1130. The van der Waals surface area contributed by atoms with Crippen molar-refractivity contribution in [3.8, 4) is 5.75 Å². The van der Waals surface area contributed by atoms with Crippen molar-refractivity contribution in [3.05, 3.63) is 94.1 Å². The van der Waals surface area contributed by atoms with Crippen molar-refractivity contribution >= 4 is 46.2 Å². The van der Waals surface area contributed by atoms with Gasteiger partial charge in [-0.2, -0.15) is 0 Å². The summed E-state index contributed by atoms with van der Waals surface area (Å²) in [6, 6.07) is 18.8. The summed E-state index contributed by atoms with van der Waals surface area (Å²) in [5.41, 5.74) is 2.47. The molecule has 5 nitrogen and oxygen atoms in total. The minimum atomic E-state index is -0.119. The molecular formula is C24H20ClN3O2S. The SMILES string of the molecule is CCOc1ccc(Cl)cc1/C=C1\SC(=Nc2ccccc2)N(Cc2cccnc2)C1=O. The number of amides is 1. The van der Waals surface area contributed by atoms with Crippen LogP contribution in [-0.2, 0) is 11.3 Å². The van der Waals surface area contributed by atoms with Gasteiger partial charge in [-0.25, -0.2) is 4.99 Å². The van der Waals surface area contributed by atoms with Gasteiger partial charge in [0.05, 0.1) is 23.7 Å². The normalized spacial score (nSPS) is 16.3. The van der Waals surface area contributed by atoms with Crippen LogP contribution in [0, 0.1) is 0 Å². The average molecular weight is 450 g/mol. The van der Waals surface area contributed by atoms with Crippen LogP contribution in [0.1, 0.15) is 18.1 Å². The Labute approximate surface area is 190 Å². The van der Waals surface area contributed by atoms with E-state index >= 15 is 0 Å². The van der Waals surface area contributed by atoms with Crippen LogP contribution in [0.15, 0.2) is 83.0 Å². The number of aliphatic imine (C=N–C) groups is 1. The molecule has 2 aromatic carbocycles. The van der Waals surface area contributed by atoms with E-state index in [9.17, 15) is 4.79 Å². The molecule has 0 saturated carbocycles. The van der Waals surface area contributed by atoms with Gasteiger partial charge in [0.1, 0.15) is 5.75 Å². The van der Waals surface area contributed by atoms with E-state index in [-0.39, 0.29) is 5.91 Å². The van der Waals surface area contributed by atoms with Crippen LogP contribution in [0.4, 0.5) is 5.69 Å². The zero-order valence-corrected chi connectivity index (χ0v) is 18.4. The maximum absolute atomic E-state index is 13.3. The van der Waals surface area contributed by atoms with Crippen molar-refractivity contribution in [2.75, 3.05) is 6.61 Å². The Morgan fingerprint density at radius 1 is 1.16 bits per heavy atom. The summed E-state index contributed by atoms with van der Waals surface area (Å²) in [6.07, 6.45) is 5.28. The number of carbonyl (C=O) groups is 1. The largest absolute Gasteiger partial charge is 0.493 e. The van der Waals surface area contributed by atoms with Crippen molar-refractivity contribution in [3.63, 3.8) is 0 Å². The monoisotopic (exact) mass is 449 g/mol. The fraction of sp³-hybridized carbons (Fsp3) is 0.125. The third-order valence-electron chi connectivity index (χ3n) is 4.49. The second-order valence-corrected chi connectivity index (χ2v) is 8.15. The molecule has 1 saturated heterocycles. The first-order valence-corrected chi connectivity index (χ1v) is 11.0. The van der Waals surface area contributed by atoms with Gasteiger partial charge in [-0.3, -0.25) is 14.7 Å². The fourth-order valence-electron chi connectivity index (χ4n) is 3.08. The summed E-state index contributed by atoms with van der Waals surface area (Å²) in [7, 11) is 0. The molecule has 1 aliphatic heterocycles. The molecule has 0 spiro atoms. The third kappa shape index (κ3) is 5.16. The Balaban J connectivity index is 1.72. The van der Waals surface area contributed by atoms with Crippen molar-refractivity contribution in [2.45, 2.75) is 13.5 Å². The summed E-state index contributed by atoms with van der Waals surface area (Å²) in [5, 5.41) is 1.20. The van der Waals surface area contributed by atoms with Crippen molar-refractivity contribution in [1.82, 2.24) is 9.88 Å². The Morgan fingerprint density at radius 2 is 2.00 bits per heavy atom. The molecule has 4 rings (SSSR count). The van der Waals surface area contributed by atoms with Gasteiger partial charge in [0.15, 0.2) is 5.17 Å². The first kappa shape index (κ1) is 21.2. The van der Waals surface area contributed by atoms with Crippen LogP contribution in [0.25, 0.3) is 6.08 Å². The number of amidine groups is 1. The first-order chi connectivity index (χ1) is 15.1. The number of halogens is 1. The number of benzene rings is 2. The van der Waals surface area contributed by atoms with Gasteiger partial charge in [0, 0.05) is 23.0 Å². The van der Waals surface area contributed by atoms with Gasteiger partial charge in [-0.05, 0) is 66.7 Å². The van der Waals surface area contributed by atoms with Crippen molar-refractivity contribution < 1.29 is 9.53 Å². The summed E-state index contributed by atoms with van der Waals surface area (Å²) in [6.45, 7) is 2.82. The maximum Gasteiger partial charge on any atom is 0.267 e. The average Bonchev–Trinajstić information content (AvgIpc) is 3.06. The zero-order valence-electron chi connectivity index (χ0n) is 16.9. The number of pyridine rings is 1. The van der Waals surface area contributed by atoms with Gasteiger partial charge in [-0.15, -0.1) is 0 Å². The zero-order chi connectivity index (χ0) is 21.6. The molecule has 0 aliphatic carbocycles. The van der Waals surface area contributed by atoms with Gasteiger partial charge in [-0.1, -0.05) is 35.9 Å². The number of carbonyl (C=O) groups excluding carboxylic acids is 1. The molecule has 1 amide bonds. The van der Waals surface area contributed by atoms with Gasteiger partial charge >= 0.3 is 0 Å². The number of hydrogen-bond acceptors (Lipinski definition) is 5. The van der Waals surface area contributed by atoms with E-state index in [2.05, 4.69) is 4.98 Å². The van der Waals surface area contributed by atoms with E-state index in [1.165, 1.54) is 11.8 Å². The maximum atomic E-state index is 13.3. The highest BCUT2D eigenvalue weighted by Crippen LogP contribution is 2.37. The van der Waals surface area contributed by atoms with Crippen LogP contribution < -0.4 is 4.74 Å². The highest BCUT2D eigenvalue weighted by molar-refractivity contribution is 8.18. The summed E-state index contributed by atoms with van der Waals surface area (Å²) < 4.78 is 5.71. The molecule has 1 aliphatic rings. The topological polar surface area (TPSA) is 54.8 Å². The van der Waals surface area contributed by atoms with E-state index in [0.29, 0.717) is 34.0 Å². The van der Waals surface area contributed by atoms with E-state index in [1.807, 2.05) is 61.5 Å². The van der Waals surface area contributed by atoms with E-state index in [4.69, 9.17) is 21.3 Å². The molecule has 7 heteroatoms. The minimum Gasteiger partial charge on any atom is -0.493 e. The van der Waals surface area contributed by atoms with Crippen LogP contribution >= 0.6 is 23.4 Å². The molecule has 0 atom stereocenters. The number of aromatic nitrogens is 1. The smallest absolute Gasteiger partial charge is 0.267 e. The predicted octanol–water partition coefficient (Wildman–Crippen LogP) is 5.94. The lowest BCUT2D eigenvalue weighted by molar-refractivity contribution is -0.122. The molecular weight excluding hydrogens is 430 g/mol. The molecule has 0 unspecified atom stereocenters. The van der Waals surface area contributed by atoms with Crippen molar-refractivity contribution in [2.24, 2.45) is 4.99 Å². The van der Waals surface area contributed by atoms with Crippen molar-refractivity contribution in [1.29, 1.82) is 0 Å². The lowest BCUT2D eigenvalue weighted by Gasteiger charge is -2.15. The van der Waals surface area contributed by atoms with E-state index in [1.54, 1.807) is 29.4 Å². The molecule has 156 valence electrons. The summed E-state index contributed by atoms with van der Waals surface area (Å²) in [4.78, 5) is 24.4. The number of hydrogen-bond donors (Lipinski definition) is 0. The van der Waals surface area contributed by atoms with Gasteiger partial charge in [0.25, 0.3) is 5.91 Å². The first-order valence-electron chi connectivity index (χ1n) is 9.80. The van der Waals surface area contributed by atoms with Crippen LogP contribution in [-0.4, -0.2) is 27.6 Å².